The van der Waals surface area contributed by atoms with Gasteiger partial charge in [0.1, 0.15) is 0 Å². The van der Waals surface area contributed by atoms with Gasteiger partial charge in [-0.2, -0.15) is 0 Å². The largest absolute Gasteiger partial charge is 0.481 e. The van der Waals surface area contributed by atoms with E-state index >= 15 is 0 Å². The maximum atomic E-state index is 11.7. The second-order valence-corrected chi connectivity index (χ2v) is 6.05. The third kappa shape index (κ3) is 6.53. The second-order valence-electron chi connectivity index (χ2n) is 4.21. The Morgan fingerprint density at radius 2 is 1.95 bits per heavy atom. The van der Waals surface area contributed by atoms with E-state index < -0.39 is 16.0 Å². The molecule has 0 fully saturated rings. The van der Waals surface area contributed by atoms with Crippen molar-refractivity contribution in [3.63, 3.8) is 0 Å². The number of aryl methyl sites for hydroxylation is 1. The van der Waals surface area contributed by atoms with E-state index in [0.29, 0.717) is 18.7 Å². The first-order chi connectivity index (χ1) is 9.43. The van der Waals surface area contributed by atoms with Gasteiger partial charge in [0.15, 0.2) is 0 Å². The molecule has 0 spiro atoms. The van der Waals surface area contributed by atoms with Crippen LogP contribution in [0.2, 0.25) is 0 Å². The lowest BCUT2D eigenvalue weighted by molar-refractivity contribution is -0.136. The van der Waals surface area contributed by atoms with Crippen molar-refractivity contribution in [1.29, 1.82) is 0 Å². The van der Waals surface area contributed by atoms with Gasteiger partial charge >= 0.3 is 5.97 Å². The van der Waals surface area contributed by atoms with Gasteiger partial charge in [-0.05, 0) is 31.0 Å². The molecule has 0 saturated heterocycles. The third-order valence-corrected chi connectivity index (χ3v) is 3.81. The predicted molar refractivity (Wildman–Crippen MR) is 76.3 cm³/mol. The molecular weight excluding hydrogens is 282 g/mol. The van der Waals surface area contributed by atoms with Crippen LogP contribution in [-0.4, -0.2) is 38.5 Å². The zero-order chi connectivity index (χ0) is 15.0. The molecule has 0 saturated carbocycles. The molecule has 112 valence electrons. The molecule has 1 aromatic rings. The van der Waals surface area contributed by atoms with Crippen LogP contribution in [-0.2, 0) is 26.0 Å². The van der Waals surface area contributed by atoms with Crippen molar-refractivity contribution in [3.05, 3.63) is 29.8 Å². The topological polar surface area (TPSA) is 92.7 Å². The number of carbonyl (C=O) groups is 1. The number of nitrogens with one attached hydrogen (secondary N) is 1. The Kier molecular flexibility index (Phi) is 6.47. The second kappa shape index (κ2) is 7.86. The van der Waals surface area contributed by atoms with Crippen molar-refractivity contribution < 1.29 is 23.1 Å². The van der Waals surface area contributed by atoms with Crippen molar-refractivity contribution in [1.82, 2.24) is 0 Å². The Morgan fingerprint density at radius 3 is 2.50 bits per heavy atom. The molecule has 0 bridgehead atoms. The highest BCUT2D eigenvalue weighted by molar-refractivity contribution is 7.92. The molecule has 7 heteroatoms. The van der Waals surface area contributed by atoms with Crippen LogP contribution >= 0.6 is 0 Å². The number of hydrogen-bond acceptors (Lipinski definition) is 4. The molecule has 20 heavy (non-hydrogen) atoms. The summed E-state index contributed by atoms with van der Waals surface area (Å²) in [5, 5.41) is 8.58. The van der Waals surface area contributed by atoms with E-state index in [1.165, 1.54) is 0 Å². The predicted octanol–water partition coefficient (Wildman–Crippen LogP) is 1.48. The number of carboxylic acids is 1. The average molecular weight is 301 g/mol. The molecular formula is C13H19NO5S. The van der Waals surface area contributed by atoms with E-state index in [9.17, 15) is 13.2 Å². The molecule has 0 radical (unpaired) electrons. The van der Waals surface area contributed by atoms with Crippen LogP contribution in [0, 0.1) is 0 Å². The summed E-state index contributed by atoms with van der Waals surface area (Å²) in [5.41, 5.74) is 1.31. The highest BCUT2D eigenvalue weighted by Crippen LogP contribution is 2.12. The first kappa shape index (κ1) is 16.5. The van der Waals surface area contributed by atoms with E-state index in [2.05, 4.69) is 4.72 Å². The molecule has 0 amide bonds. The summed E-state index contributed by atoms with van der Waals surface area (Å²) < 4.78 is 30.9. The molecule has 0 aromatic heterocycles. The van der Waals surface area contributed by atoms with Gasteiger partial charge in [-0.1, -0.05) is 12.1 Å². The van der Waals surface area contributed by atoms with Crippen LogP contribution in [0.15, 0.2) is 24.3 Å². The van der Waals surface area contributed by atoms with Gasteiger partial charge in [-0.25, -0.2) is 8.42 Å². The summed E-state index contributed by atoms with van der Waals surface area (Å²) in [6.07, 6.45) is 0.478. The van der Waals surface area contributed by atoms with Crippen LogP contribution in [0.25, 0.3) is 0 Å². The smallest absolute Gasteiger partial charge is 0.303 e. The van der Waals surface area contributed by atoms with Gasteiger partial charge in [0.2, 0.25) is 10.0 Å². The highest BCUT2D eigenvalue weighted by atomic mass is 32.2. The molecule has 0 heterocycles. The van der Waals surface area contributed by atoms with Crippen molar-refractivity contribution in [2.24, 2.45) is 0 Å². The lowest BCUT2D eigenvalue weighted by Crippen LogP contribution is -2.20. The van der Waals surface area contributed by atoms with Crippen LogP contribution in [0.1, 0.15) is 18.9 Å². The molecule has 0 aliphatic heterocycles. The molecule has 0 atom stereocenters. The van der Waals surface area contributed by atoms with Gasteiger partial charge in [0, 0.05) is 18.7 Å². The molecule has 0 aliphatic carbocycles. The SMILES string of the molecule is CCOCCS(=O)(=O)Nc1ccc(CCC(=O)O)cc1. The van der Waals surface area contributed by atoms with E-state index in [1.54, 1.807) is 31.2 Å². The fourth-order valence-electron chi connectivity index (χ4n) is 1.53. The quantitative estimate of drug-likeness (QED) is 0.674. The number of hydrogen-bond donors (Lipinski definition) is 2. The maximum Gasteiger partial charge on any atom is 0.303 e. The zero-order valence-electron chi connectivity index (χ0n) is 11.3. The zero-order valence-corrected chi connectivity index (χ0v) is 12.1. The first-order valence-electron chi connectivity index (χ1n) is 6.32. The summed E-state index contributed by atoms with van der Waals surface area (Å²) in [5.74, 6) is -0.951. The summed E-state index contributed by atoms with van der Waals surface area (Å²) >= 11 is 0. The first-order valence-corrected chi connectivity index (χ1v) is 7.97. The van der Waals surface area contributed by atoms with Gasteiger partial charge < -0.3 is 9.84 Å². The van der Waals surface area contributed by atoms with Crippen LogP contribution in [0.5, 0.6) is 0 Å². The molecule has 1 rings (SSSR count). The van der Waals surface area contributed by atoms with Gasteiger partial charge in [-0.3, -0.25) is 9.52 Å². The van der Waals surface area contributed by atoms with Crippen molar-refractivity contribution >= 4 is 21.7 Å². The van der Waals surface area contributed by atoms with Crippen molar-refractivity contribution in [3.8, 4) is 0 Å². The minimum Gasteiger partial charge on any atom is -0.481 e. The monoisotopic (exact) mass is 301 g/mol. The lowest BCUT2D eigenvalue weighted by Gasteiger charge is -2.08. The molecule has 1 aromatic carbocycles. The number of rotatable bonds is 9. The minimum absolute atomic E-state index is 0.0550. The Labute approximate surface area is 118 Å². The number of anilines is 1. The third-order valence-electron chi connectivity index (χ3n) is 2.56. The van der Waals surface area contributed by atoms with Gasteiger partial charge in [-0.15, -0.1) is 0 Å². The van der Waals surface area contributed by atoms with Crippen molar-refractivity contribution in [2.75, 3.05) is 23.7 Å². The molecule has 6 nitrogen and oxygen atoms in total. The summed E-state index contributed by atoms with van der Waals surface area (Å²) in [4.78, 5) is 10.4. The fourth-order valence-corrected chi connectivity index (χ4v) is 2.47. The number of sulfonamides is 1. The normalized spacial score (nSPS) is 11.2. The van der Waals surface area contributed by atoms with Crippen LogP contribution in [0.3, 0.4) is 0 Å². The lowest BCUT2D eigenvalue weighted by atomic mass is 10.1. The van der Waals surface area contributed by atoms with E-state index in [4.69, 9.17) is 9.84 Å². The van der Waals surface area contributed by atoms with E-state index in [-0.39, 0.29) is 18.8 Å². The maximum absolute atomic E-state index is 11.7. The number of benzene rings is 1. The highest BCUT2D eigenvalue weighted by Gasteiger charge is 2.10. The molecule has 2 N–H and O–H groups in total. The fraction of sp³-hybridized carbons (Fsp3) is 0.462. The van der Waals surface area contributed by atoms with Gasteiger partial charge in [0.05, 0.1) is 12.4 Å². The van der Waals surface area contributed by atoms with Crippen LogP contribution in [0.4, 0.5) is 5.69 Å². The molecule has 0 aliphatic rings. The van der Waals surface area contributed by atoms with E-state index in [1.807, 2.05) is 0 Å². The Balaban J connectivity index is 2.54. The standard InChI is InChI=1S/C13H19NO5S/c1-2-19-9-10-20(17,18)14-12-6-3-11(4-7-12)5-8-13(15)16/h3-4,6-7,14H,2,5,8-10H2,1H3,(H,15,16). The summed E-state index contributed by atoms with van der Waals surface area (Å²) in [7, 11) is -3.41. The van der Waals surface area contributed by atoms with Crippen molar-refractivity contribution in [2.45, 2.75) is 19.8 Å². The summed E-state index contributed by atoms with van der Waals surface area (Å²) in [6, 6.07) is 6.66. The average Bonchev–Trinajstić information content (AvgIpc) is 2.37. The Morgan fingerprint density at radius 1 is 1.30 bits per heavy atom. The molecule has 0 unspecified atom stereocenters. The minimum atomic E-state index is -3.41. The number of ether oxygens (including phenoxy) is 1. The van der Waals surface area contributed by atoms with Crippen LogP contribution < -0.4 is 4.72 Å². The Bertz CT molecular complexity index is 524. The van der Waals surface area contributed by atoms with Gasteiger partial charge in [0.25, 0.3) is 0 Å². The van der Waals surface area contributed by atoms with E-state index in [0.717, 1.165) is 5.56 Å². The summed E-state index contributed by atoms with van der Waals surface area (Å²) in [6.45, 7) is 2.44. The number of carboxylic acid groups (broad SMARTS) is 1. The number of aliphatic carboxylic acids is 1. The Hall–Kier alpha value is -1.60.